The molecular formula is C31H42FN5O2. The van der Waals surface area contributed by atoms with Crippen LogP contribution in [0.25, 0.3) is 10.9 Å². The lowest BCUT2D eigenvalue weighted by Crippen LogP contribution is -2.49. The van der Waals surface area contributed by atoms with Crippen molar-refractivity contribution in [3.05, 3.63) is 65.1 Å². The molecule has 0 saturated carbocycles. The number of carbonyl (C=O) groups excluding carboxylic acids is 1. The molecule has 2 aliphatic heterocycles. The molecule has 0 bridgehead atoms. The zero-order valence-corrected chi connectivity index (χ0v) is 23.7. The van der Waals surface area contributed by atoms with Gasteiger partial charge >= 0.3 is 0 Å². The van der Waals surface area contributed by atoms with Crippen LogP contribution in [0.2, 0.25) is 0 Å². The second kappa shape index (κ2) is 12.5. The molecule has 0 unspecified atom stereocenters. The van der Waals surface area contributed by atoms with Crippen molar-refractivity contribution in [3.8, 4) is 5.75 Å². The summed E-state index contributed by atoms with van der Waals surface area (Å²) in [5, 5.41) is 0.982. The average Bonchev–Trinajstić information content (AvgIpc) is 3.23. The van der Waals surface area contributed by atoms with Crippen molar-refractivity contribution >= 4 is 16.8 Å². The fraction of sp³-hybridized carbons (Fsp3) is 0.516. The molecule has 8 heteroatoms. The second-order valence-electron chi connectivity index (χ2n) is 11.0. The summed E-state index contributed by atoms with van der Waals surface area (Å²) >= 11 is 0. The Kier molecular flexibility index (Phi) is 8.85. The minimum atomic E-state index is -0.199. The number of ether oxygens (including phenoxy) is 1. The van der Waals surface area contributed by atoms with Crippen LogP contribution in [0.5, 0.6) is 5.75 Å². The monoisotopic (exact) mass is 535 g/mol. The third-order valence-corrected chi connectivity index (χ3v) is 8.49. The Hall–Kier alpha value is -2.94. The van der Waals surface area contributed by atoms with Gasteiger partial charge < -0.3 is 24.0 Å². The summed E-state index contributed by atoms with van der Waals surface area (Å²) in [7, 11) is 3.86. The number of aryl methyl sites for hydroxylation is 1. The molecule has 3 aromatic rings. The van der Waals surface area contributed by atoms with Crippen LogP contribution in [0.1, 0.15) is 28.0 Å². The Morgan fingerprint density at radius 3 is 2.23 bits per heavy atom. The van der Waals surface area contributed by atoms with Gasteiger partial charge in [0.2, 0.25) is 0 Å². The van der Waals surface area contributed by atoms with E-state index >= 15 is 0 Å². The number of piperazine rings is 2. The molecule has 3 heterocycles. The SMILES string of the molecule is COc1ccc2c(c1)c(C(=O)N1CCN(CCc3ccc(F)cc3)CC1)c(C)n2CCCN1CCN(C)CC1. The molecule has 5 rings (SSSR count). The Morgan fingerprint density at radius 1 is 0.872 bits per heavy atom. The molecule has 210 valence electrons. The summed E-state index contributed by atoms with van der Waals surface area (Å²) in [6.07, 6.45) is 1.94. The predicted molar refractivity (Wildman–Crippen MR) is 154 cm³/mol. The van der Waals surface area contributed by atoms with Crippen LogP contribution in [-0.4, -0.2) is 110 Å². The van der Waals surface area contributed by atoms with E-state index in [9.17, 15) is 9.18 Å². The number of likely N-dealkylation sites (N-methyl/N-ethyl adjacent to an activating group) is 1. The normalized spacial score (nSPS) is 17.7. The van der Waals surface area contributed by atoms with Gasteiger partial charge in [0.05, 0.1) is 12.7 Å². The van der Waals surface area contributed by atoms with Gasteiger partial charge in [-0.25, -0.2) is 4.39 Å². The van der Waals surface area contributed by atoms with Gasteiger partial charge in [-0.3, -0.25) is 9.69 Å². The van der Waals surface area contributed by atoms with Crippen molar-refractivity contribution in [2.45, 2.75) is 26.3 Å². The number of hydrogen-bond donors (Lipinski definition) is 0. The minimum absolute atomic E-state index is 0.113. The van der Waals surface area contributed by atoms with Gasteiger partial charge in [-0.1, -0.05) is 12.1 Å². The molecule has 0 N–H and O–H groups in total. The quantitative estimate of drug-likeness (QED) is 0.418. The number of amides is 1. The first kappa shape index (κ1) is 27.6. The third-order valence-electron chi connectivity index (χ3n) is 8.49. The van der Waals surface area contributed by atoms with Gasteiger partial charge in [0.15, 0.2) is 0 Å². The first-order valence-corrected chi connectivity index (χ1v) is 14.3. The van der Waals surface area contributed by atoms with Crippen LogP contribution in [-0.2, 0) is 13.0 Å². The van der Waals surface area contributed by atoms with Crippen molar-refractivity contribution in [2.24, 2.45) is 0 Å². The van der Waals surface area contributed by atoms with E-state index in [1.165, 1.54) is 12.1 Å². The van der Waals surface area contributed by atoms with E-state index in [2.05, 4.69) is 39.3 Å². The van der Waals surface area contributed by atoms with E-state index < -0.39 is 0 Å². The lowest BCUT2D eigenvalue weighted by atomic mass is 10.1. The first-order valence-electron chi connectivity index (χ1n) is 14.3. The standard InChI is InChI=1S/C31H42FN5O2/c1-24-30(31(38)36-21-19-35(20-22-36)14-11-25-5-7-26(32)8-6-25)28-23-27(39-3)9-10-29(28)37(24)13-4-12-34-17-15-33(2)16-18-34/h5-10,23H,4,11-22H2,1-3H3. The molecular weight excluding hydrogens is 493 g/mol. The molecule has 0 radical (unpaired) electrons. The Labute approximate surface area is 231 Å². The Balaban J connectivity index is 1.25. The Morgan fingerprint density at radius 2 is 1.54 bits per heavy atom. The molecule has 2 aromatic carbocycles. The highest BCUT2D eigenvalue weighted by molar-refractivity contribution is 6.08. The molecule has 0 aliphatic carbocycles. The summed E-state index contributed by atoms with van der Waals surface area (Å²) < 4.78 is 21.1. The molecule has 2 aliphatic rings. The first-order chi connectivity index (χ1) is 18.9. The molecule has 2 fully saturated rings. The molecule has 1 aromatic heterocycles. The van der Waals surface area contributed by atoms with Gasteiger partial charge in [0.1, 0.15) is 11.6 Å². The number of hydrogen-bond acceptors (Lipinski definition) is 5. The van der Waals surface area contributed by atoms with Crippen molar-refractivity contribution in [3.63, 3.8) is 0 Å². The summed E-state index contributed by atoms with van der Waals surface area (Å²) in [4.78, 5) is 23.3. The van der Waals surface area contributed by atoms with E-state index in [-0.39, 0.29) is 11.7 Å². The molecule has 0 atom stereocenters. The summed E-state index contributed by atoms with van der Waals surface area (Å²) in [6, 6.07) is 12.9. The van der Waals surface area contributed by atoms with Gasteiger partial charge in [-0.2, -0.15) is 0 Å². The number of methoxy groups -OCH3 is 1. The van der Waals surface area contributed by atoms with Crippen LogP contribution in [0.15, 0.2) is 42.5 Å². The average molecular weight is 536 g/mol. The van der Waals surface area contributed by atoms with Crippen molar-refractivity contribution in [1.82, 2.24) is 24.2 Å². The zero-order chi connectivity index (χ0) is 27.4. The maximum absolute atomic E-state index is 13.9. The van der Waals surface area contributed by atoms with Gasteiger partial charge in [-0.05, 0) is 69.3 Å². The largest absolute Gasteiger partial charge is 0.497 e. The fourth-order valence-corrected chi connectivity index (χ4v) is 5.94. The van der Waals surface area contributed by atoms with E-state index in [1.807, 2.05) is 29.2 Å². The lowest BCUT2D eigenvalue weighted by molar-refractivity contribution is 0.0639. The minimum Gasteiger partial charge on any atom is -0.497 e. The number of benzene rings is 2. The highest BCUT2D eigenvalue weighted by atomic mass is 19.1. The van der Waals surface area contributed by atoms with E-state index in [0.717, 1.165) is 105 Å². The number of fused-ring (bicyclic) bond motifs is 1. The molecule has 39 heavy (non-hydrogen) atoms. The number of halogens is 1. The van der Waals surface area contributed by atoms with Crippen LogP contribution >= 0.6 is 0 Å². The molecule has 2 saturated heterocycles. The number of carbonyl (C=O) groups is 1. The molecule has 1 amide bonds. The van der Waals surface area contributed by atoms with Crippen LogP contribution in [0.4, 0.5) is 4.39 Å². The molecule has 0 spiro atoms. The van der Waals surface area contributed by atoms with Crippen molar-refractivity contribution in [2.75, 3.05) is 79.6 Å². The van der Waals surface area contributed by atoms with Crippen LogP contribution in [0.3, 0.4) is 0 Å². The predicted octanol–water partition coefficient (Wildman–Crippen LogP) is 3.74. The van der Waals surface area contributed by atoms with Crippen molar-refractivity contribution in [1.29, 1.82) is 0 Å². The zero-order valence-electron chi connectivity index (χ0n) is 23.7. The lowest BCUT2D eigenvalue weighted by Gasteiger charge is -2.35. The summed E-state index contributed by atoms with van der Waals surface area (Å²) in [5.41, 5.74) is 4.09. The van der Waals surface area contributed by atoms with E-state index in [4.69, 9.17) is 4.74 Å². The van der Waals surface area contributed by atoms with E-state index in [0.29, 0.717) is 13.1 Å². The second-order valence-corrected chi connectivity index (χ2v) is 11.0. The van der Waals surface area contributed by atoms with Gasteiger partial charge in [-0.15, -0.1) is 0 Å². The Bertz CT molecular complexity index is 1260. The van der Waals surface area contributed by atoms with Gasteiger partial charge in [0, 0.05) is 82.0 Å². The maximum atomic E-state index is 13.9. The third kappa shape index (κ3) is 6.45. The van der Waals surface area contributed by atoms with Gasteiger partial charge in [0.25, 0.3) is 5.91 Å². The van der Waals surface area contributed by atoms with Crippen molar-refractivity contribution < 1.29 is 13.9 Å². The summed E-state index contributed by atoms with van der Waals surface area (Å²) in [5.74, 6) is 0.689. The summed E-state index contributed by atoms with van der Waals surface area (Å²) in [6.45, 7) is 12.6. The van der Waals surface area contributed by atoms with Crippen LogP contribution < -0.4 is 4.74 Å². The number of rotatable bonds is 9. The maximum Gasteiger partial charge on any atom is 0.256 e. The van der Waals surface area contributed by atoms with E-state index in [1.54, 1.807) is 7.11 Å². The fourth-order valence-electron chi connectivity index (χ4n) is 5.94. The number of aromatic nitrogens is 1. The van der Waals surface area contributed by atoms with Crippen LogP contribution in [0, 0.1) is 12.7 Å². The molecule has 7 nitrogen and oxygen atoms in total. The highest BCUT2D eigenvalue weighted by Crippen LogP contribution is 2.31. The topological polar surface area (TPSA) is 44.2 Å². The highest BCUT2D eigenvalue weighted by Gasteiger charge is 2.27. The number of nitrogens with zero attached hydrogens (tertiary/aromatic N) is 5. The smallest absolute Gasteiger partial charge is 0.256 e.